The molecule has 0 amide bonds. The molecule has 3 heteroatoms. The highest BCUT2D eigenvalue weighted by Gasteiger charge is 2.47. The highest BCUT2D eigenvalue weighted by atomic mass is 19.1. The Balaban J connectivity index is 1.26. The standard InChI is InChI=1S/C51H33F2N/c52-41-22-18-39(19-23-41)51(40-20-24-42(53)25-21-40)48-31-17-37-11-6-7-13-46(37)50(48)47-30-29-45(33-49(47)51)54(44-28-16-35-10-4-5-12-38(35)32-44)43-26-14-36(15-27-43)34-8-2-1-3-9-34/h1-33H. The third-order valence-electron chi connectivity index (χ3n) is 11.0. The second-order valence-electron chi connectivity index (χ2n) is 14.0. The fourth-order valence-electron chi connectivity index (χ4n) is 8.60. The molecule has 0 fully saturated rings. The summed E-state index contributed by atoms with van der Waals surface area (Å²) in [7, 11) is 0. The lowest BCUT2D eigenvalue weighted by Gasteiger charge is -2.35. The van der Waals surface area contributed by atoms with Gasteiger partial charge in [-0.2, -0.15) is 0 Å². The van der Waals surface area contributed by atoms with Crippen LogP contribution in [0, 0.1) is 11.6 Å². The van der Waals surface area contributed by atoms with Gasteiger partial charge in [0.1, 0.15) is 11.6 Å². The summed E-state index contributed by atoms with van der Waals surface area (Å²) in [5.74, 6) is -0.611. The van der Waals surface area contributed by atoms with Crippen LogP contribution >= 0.6 is 0 Å². The van der Waals surface area contributed by atoms with E-state index < -0.39 is 5.41 Å². The molecule has 9 aromatic carbocycles. The van der Waals surface area contributed by atoms with E-state index in [0.29, 0.717) is 0 Å². The molecule has 0 atom stereocenters. The van der Waals surface area contributed by atoms with E-state index in [4.69, 9.17) is 0 Å². The van der Waals surface area contributed by atoms with E-state index in [-0.39, 0.29) is 11.6 Å². The molecule has 0 aliphatic heterocycles. The smallest absolute Gasteiger partial charge is 0.123 e. The monoisotopic (exact) mass is 697 g/mol. The Morgan fingerprint density at radius 1 is 0.370 bits per heavy atom. The fourth-order valence-corrected chi connectivity index (χ4v) is 8.60. The number of benzene rings is 9. The number of nitrogens with zero attached hydrogens (tertiary/aromatic N) is 1. The van der Waals surface area contributed by atoms with E-state index in [1.165, 1.54) is 29.7 Å². The maximum absolute atomic E-state index is 14.7. The van der Waals surface area contributed by atoms with E-state index >= 15 is 0 Å². The van der Waals surface area contributed by atoms with Gasteiger partial charge in [0.05, 0.1) is 5.41 Å². The van der Waals surface area contributed by atoms with Crippen LogP contribution in [-0.2, 0) is 5.41 Å². The first-order chi connectivity index (χ1) is 26.6. The van der Waals surface area contributed by atoms with Gasteiger partial charge in [0.25, 0.3) is 0 Å². The summed E-state index contributed by atoms with van der Waals surface area (Å²) < 4.78 is 29.4. The molecule has 1 aliphatic carbocycles. The van der Waals surface area contributed by atoms with Gasteiger partial charge < -0.3 is 4.90 Å². The number of hydrogen-bond donors (Lipinski definition) is 0. The molecular weight excluding hydrogens is 665 g/mol. The number of hydrogen-bond acceptors (Lipinski definition) is 1. The van der Waals surface area contributed by atoms with E-state index in [9.17, 15) is 8.78 Å². The summed E-state index contributed by atoms with van der Waals surface area (Å²) in [6.45, 7) is 0. The van der Waals surface area contributed by atoms with Crippen molar-refractivity contribution in [3.8, 4) is 22.3 Å². The lowest BCUT2D eigenvalue weighted by molar-refractivity contribution is 0.622. The molecule has 54 heavy (non-hydrogen) atoms. The van der Waals surface area contributed by atoms with Crippen LogP contribution in [0.4, 0.5) is 25.8 Å². The zero-order valence-corrected chi connectivity index (χ0v) is 29.3. The summed E-state index contributed by atoms with van der Waals surface area (Å²) in [5, 5.41) is 4.59. The number of anilines is 3. The van der Waals surface area contributed by atoms with Gasteiger partial charge in [0.2, 0.25) is 0 Å². The predicted octanol–water partition coefficient (Wildman–Crippen LogP) is 13.8. The first-order valence-corrected chi connectivity index (χ1v) is 18.2. The Morgan fingerprint density at radius 3 is 1.61 bits per heavy atom. The first kappa shape index (κ1) is 31.9. The molecule has 0 bridgehead atoms. The summed E-state index contributed by atoms with van der Waals surface area (Å²) in [5.41, 5.74) is 10.6. The van der Waals surface area contributed by atoms with Crippen molar-refractivity contribution in [2.45, 2.75) is 5.41 Å². The van der Waals surface area contributed by atoms with Crippen molar-refractivity contribution in [1.82, 2.24) is 0 Å². The fraction of sp³-hybridized carbons (Fsp3) is 0.0196. The van der Waals surface area contributed by atoms with E-state index in [1.54, 1.807) is 0 Å². The minimum absolute atomic E-state index is 0.305. The summed E-state index contributed by atoms with van der Waals surface area (Å²) in [6, 6.07) is 67.3. The van der Waals surface area contributed by atoms with Gasteiger partial charge >= 0.3 is 0 Å². The molecule has 1 nitrogen and oxygen atoms in total. The average Bonchev–Trinajstić information content (AvgIpc) is 3.53. The van der Waals surface area contributed by atoms with Crippen molar-refractivity contribution in [3.63, 3.8) is 0 Å². The second-order valence-corrected chi connectivity index (χ2v) is 14.0. The summed E-state index contributed by atoms with van der Waals surface area (Å²) in [4.78, 5) is 2.31. The van der Waals surface area contributed by atoms with Crippen molar-refractivity contribution in [1.29, 1.82) is 0 Å². The minimum Gasteiger partial charge on any atom is -0.310 e. The molecular formula is C51H33F2N. The minimum atomic E-state index is -0.863. The SMILES string of the molecule is Fc1ccc(C2(c3ccc(F)cc3)c3cc(N(c4ccc(-c5ccccc5)cc4)c4ccc5ccccc5c4)ccc3-c3c2ccc2ccccc32)cc1. The number of rotatable bonds is 6. The van der Waals surface area contributed by atoms with E-state index in [2.05, 4.69) is 150 Å². The van der Waals surface area contributed by atoms with Crippen molar-refractivity contribution in [2.24, 2.45) is 0 Å². The van der Waals surface area contributed by atoms with Crippen molar-refractivity contribution >= 4 is 38.6 Å². The number of fused-ring (bicyclic) bond motifs is 6. The molecule has 0 spiro atoms. The van der Waals surface area contributed by atoms with Crippen LogP contribution in [-0.4, -0.2) is 0 Å². The van der Waals surface area contributed by atoms with Crippen LogP contribution < -0.4 is 4.90 Å². The van der Waals surface area contributed by atoms with Crippen LogP contribution in [0.5, 0.6) is 0 Å². The molecule has 10 rings (SSSR count). The normalized spacial score (nSPS) is 12.8. The topological polar surface area (TPSA) is 3.24 Å². The zero-order valence-electron chi connectivity index (χ0n) is 29.3. The Hall–Kier alpha value is -6.84. The van der Waals surface area contributed by atoms with Gasteiger partial charge in [0, 0.05) is 17.1 Å². The van der Waals surface area contributed by atoms with Gasteiger partial charge in [-0.3, -0.25) is 0 Å². The van der Waals surface area contributed by atoms with Gasteiger partial charge in [0.15, 0.2) is 0 Å². The van der Waals surface area contributed by atoms with Crippen LogP contribution in [0.1, 0.15) is 22.3 Å². The van der Waals surface area contributed by atoms with Gasteiger partial charge in [-0.05, 0) is 127 Å². The summed E-state index contributed by atoms with van der Waals surface area (Å²) in [6.07, 6.45) is 0. The number of halogens is 2. The van der Waals surface area contributed by atoms with Crippen LogP contribution in [0.15, 0.2) is 200 Å². The lowest BCUT2D eigenvalue weighted by Crippen LogP contribution is -2.29. The second kappa shape index (κ2) is 12.7. The molecule has 0 radical (unpaired) electrons. The molecule has 0 saturated heterocycles. The van der Waals surface area contributed by atoms with Crippen LogP contribution in [0.25, 0.3) is 43.8 Å². The molecule has 1 aliphatic rings. The molecule has 0 saturated carbocycles. The molecule has 0 N–H and O–H groups in total. The van der Waals surface area contributed by atoms with Crippen molar-refractivity contribution in [2.75, 3.05) is 4.90 Å². The van der Waals surface area contributed by atoms with E-state index in [0.717, 1.165) is 77.7 Å². The third kappa shape index (κ3) is 5.04. The zero-order chi connectivity index (χ0) is 36.2. The molecule has 0 heterocycles. The van der Waals surface area contributed by atoms with Crippen molar-refractivity contribution in [3.05, 3.63) is 234 Å². The Kier molecular flexibility index (Phi) is 7.48. The van der Waals surface area contributed by atoms with Crippen molar-refractivity contribution < 1.29 is 8.78 Å². The largest absolute Gasteiger partial charge is 0.310 e. The molecule has 0 unspecified atom stereocenters. The van der Waals surface area contributed by atoms with Gasteiger partial charge in [-0.25, -0.2) is 8.78 Å². The highest BCUT2D eigenvalue weighted by molar-refractivity contribution is 6.04. The quantitative estimate of drug-likeness (QED) is 0.167. The average molecular weight is 698 g/mol. The van der Waals surface area contributed by atoms with Gasteiger partial charge in [-0.1, -0.05) is 140 Å². The maximum Gasteiger partial charge on any atom is 0.123 e. The molecule has 0 aromatic heterocycles. The Bertz CT molecular complexity index is 2780. The molecule has 256 valence electrons. The predicted molar refractivity (Wildman–Crippen MR) is 219 cm³/mol. The first-order valence-electron chi connectivity index (χ1n) is 18.2. The molecule has 9 aromatic rings. The lowest BCUT2D eigenvalue weighted by atomic mass is 9.67. The summed E-state index contributed by atoms with van der Waals surface area (Å²) >= 11 is 0. The van der Waals surface area contributed by atoms with E-state index in [1.807, 2.05) is 30.3 Å². The highest BCUT2D eigenvalue weighted by Crippen LogP contribution is 2.59. The maximum atomic E-state index is 14.7. The van der Waals surface area contributed by atoms with Crippen LogP contribution in [0.3, 0.4) is 0 Å². The van der Waals surface area contributed by atoms with Gasteiger partial charge in [-0.15, -0.1) is 0 Å². The Labute approximate surface area is 313 Å². The third-order valence-corrected chi connectivity index (χ3v) is 11.0. The van der Waals surface area contributed by atoms with Crippen LogP contribution in [0.2, 0.25) is 0 Å². The Morgan fingerprint density at radius 2 is 0.907 bits per heavy atom.